The summed E-state index contributed by atoms with van der Waals surface area (Å²) in [6.45, 7) is 0. The summed E-state index contributed by atoms with van der Waals surface area (Å²) in [7, 11) is 1.51. The van der Waals surface area contributed by atoms with Gasteiger partial charge in [0, 0.05) is 6.07 Å². The standard InChI is InChI=1S/C18H14N2O4/c1-23-18-10-6-7-24-15(10)9-14(21)17(18)13-8-16(22)20-12-5-3-2-4-11(12)19-13/h2-7,9,21H,8H2,1H3,(H,20,22). The molecule has 2 heterocycles. The van der Waals surface area contributed by atoms with E-state index in [1.165, 1.54) is 19.4 Å². The highest BCUT2D eigenvalue weighted by Crippen LogP contribution is 2.39. The molecule has 0 unspecified atom stereocenters. The number of methoxy groups -OCH3 is 1. The lowest BCUT2D eigenvalue weighted by molar-refractivity contribution is -0.115. The number of furan rings is 1. The number of nitrogens with zero attached hydrogens (tertiary/aromatic N) is 1. The first-order chi connectivity index (χ1) is 11.7. The summed E-state index contributed by atoms with van der Waals surface area (Å²) < 4.78 is 10.8. The molecule has 120 valence electrons. The Bertz CT molecular complexity index is 988. The Balaban J connectivity index is 1.98. The zero-order valence-corrected chi connectivity index (χ0v) is 12.9. The summed E-state index contributed by atoms with van der Waals surface area (Å²) in [4.78, 5) is 16.8. The van der Waals surface area contributed by atoms with E-state index < -0.39 is 0 Å². The van der Waals surface area contributed by atoms with Crippen molar-refractivity contribution >= 4 is 34.0 Å². The number of benzene rings is 2. The molecule has 1 aliphatic rings. The minimum absolute atomic E-state index is 0.0297. The molecular formula is C18H14N2O4. The molecule has 2 N–H and O–H groups in total. The summed E-state index contributed by atoms with van der Waals surface area (Å²) in [6, 6.07) is 10.5. The molecule has 3 aromatic rings. The van der Waals surface area contributed by atoms with Crippen molar-refractivity contribution in [1.82, 2.24) is 0 Å². The molecule has 24 heavy (non-hydrogen) atoms. The van der Waals surface area contributed by atoms with E-state index in [1.54, 1.807) is 18.2 Å². The summed E-state index contributed by atoms with van der Waals surface area (Å²) in [6.07, 6.45) is 1.55. The van der Waals surface area contributed by atoms with Gasteiger partial charge in [-0.3, -0.25) is 4.79 Å². The maximum absolute atomic E-state index is 12.2. The Morgan fingerprint density at radius 2 is 2.12 bits per heavy atom. The second-order valence-corrected chi connectivity index (χ2v) is 5.44. The third-order valence-corrected chi connectivity index (χ3v) is 3.95. The van der Waals surface area contributed by atoms with Crippen molar-refractivity contribution < 1.29 is 19.1 Å². The number of fused-ring (bicyclic) bond motifs is 2. The molecule has 0 radical (unpaired) electrons. The van der Waals surface area contributed by atoms with Crippen LogP contribution in [0.15, 0.2) is 52.1 Å². The van der Waals surface area contributed by atoms with E-state index in [0.29, 0.717) is 39.4 Å². The smallest absolute Gasteiger partial charge is 0.230 e. The number of anilines is 1. The molecule has 6 nitrogen and oxygen atoms in total. The minimum Gasteiger partial charge on any atom is -0.507 e. The van der Waals surface area contributed by atoms with Crippen LogP contribution in [0.3, 0.4) is 0 Å². The van der Waals surface area contributed by atoms with E-state index in [0.717, 1.165) is 0 Å². The predicted octanol–water partition coefficient (Wildman–Crippen LogP) is 3.61. The average molecular weight is 322 g/mol. The summed E-state index contributed by atoms with van der Waals surface area (Å²) in [5.74, 6) is 0.192. The molecule has 0 saturated heterocycles. The average Bonchev–Trinajstić information content (AvgIpc) is 2.95. The molecule has 1 aliphatic heterocycles. The van der Waals surface area contributed by atoms with Gasteiger partial charge in [-0.25, -0.2) is 4.99 Å². The Morgan fingerprint density at radius 1 is 1.29 bits per heavy atom. The fourth-order valence-electron chi connectivity index (χ4n) is 2.91. The Kier molecular flexibility index (Phi) is 3.23. The normalized spacial score (nSPS) is 13.9. The number of ether oxygens (including phenoxy) is 1. The van der Waals surface area contributed by atoms with Gasteiger partial charge in [0.25, 0.3) is 0 Å². The van der Waals surface area contributed by atoms with Gasteiger partial charge < -0.3 is 19.6 Å². The van der Waals surface area contributed by atoms with Crippen molar-refractivity contribution in [1.29, 1.82) is 0 Å². The zero-order valence-electron chi connectivity index (χ0n) is 12.9. The number of hydrogen-bond acceptors (Lipinski definition) is 5. The second-order valence-electron chi connectivity index (χ2n) is 5.44. The van der Waals surface area contributed by atoms with Crippen LogP contribution in [0.4, 0.5) is 11.4 Å². The largest absolute Gasteiger partial charge is 0.507 e. The molecule has 4 rings (SSSR count). The number of para-hydroxylation sites is 2. The van der Waals surface area contributed by atoms with Gasteiger partial charge in [-0.2, -0.15) is 0 Å². The predicted molar refractivity (Wildman–Crippen MR) is 90.3 cm³/mol. The lowest BCUT2D eigenvalue weighted by atomic mass is 10.0. The van der Waals surface area contributed by atoms with E-state index in [2.05, 4.69) is 10.3 Å². The van der Waals surface area contributed by atoms with Crippen LogP contribution in [0.5, 0.6) is 11.5 Å². The van der Waals surface area contributed by atoms with Crippen molar-refractivity contribution in [2.45, 2.75) is 6.42 Å². The fourth-order valence-corrected chi connectivity index (χ4v) is 2.91. The van der Waals surface area contributed by atoms with E-state index in [4.69, 9.17) is 9.15 Å². The van der Waals surface area contributed by atoms with Crippen molar-refractivity contribution in [3.05, 3.63) is 48.2 Å². The quantitative estimate of drug-likeness (QED) is 0.755. The maximum atomic E-state index is 12.2. The van der Waals surface area contributed by atoms with Crippen LogP contribution in [0.2, 0.25) is 0 Å². The minimum atomic E-state index is -0.201. The molecule has 1 amide bonds. The highest BCUT2D eigenvalue weighted by Gasteiger charge is 2.24. The molecule has 0 atom stereocenters. The number of aliphatic imine (C=N–C) groups is 1. The number of carbonyl (C=O) groups excluding carboxylic acids is 1. The van der Waals surface area contributed by atoms with Crippen LogP contribution < -0.4 is 10.1 Å². The van der Waals surface area contributed by atoms with E-state index in [-0.39, 0.29) is 18.1 Å². The summed E-state index contributed by atoms with van der Waals surface area (Å²) in [5, 5.41) is 14.0. The third kappa shape index (κ3) is 2.20. The highest BCUT2D eigenvalue weighted by atomic mass is 16.5. The van der Waals surface area contributed by atoms with Crippen molar-refractivity contribution in [3.8, 4) is 11.5 Å². The molecule has 0 bridgehead atoms. The number of rotatable bonds is 2. The first-order valence-corrected chi connectivity index (χ1v) is 7.41. The highest BCUT2D eigenvalue weighted by molar-refractivity contribution is 6.20. The van der Waals surface area contributed by atoms with Crippen LogP contribution in [-0.2, 0) is 4.79 Å². The van der Waals surface area contributed by atoms with Gasteiger partial charge in [0.1, 0.15) is 17.1 Å². The molecule has 6 heteroatoms. The van der Waals surface area contributed by atoms with Crippen LogP contribution >= 0.6 is 0 Å². The number of aromatic hydroxyl groups is 1. The summed E-state index contributed by atoms with van der Waals surface area (Å²) in [5.41, 5.74) is 2.62. The van der Waals surface area contributed by atoms with Gasteiger partial charge in [0.15, 0.2) is 0 Å². The van der Waals surface area contributed by atoms with Crippen molar-refractivity contribution in [2.24, 2.45) is 4.99 Å². The van der Waals surface area contributed by atoms with E-state index in [9.17, 15) is 9.90 Å². The number of nitrogens with one attached hydrogen (secondary N) is 1. The van der Waals surface area contributed by atoms with Gasteiger partial charge in [-0.15, -0.1) is 0 Å². The second kappa shape index (κ2) is 5.42. The lowest BCUT2D eigenvalue weighted by Gasteiger charge is -2.12. The first-order valence-electron chi connectivity index (χ1n) is 7.41. The number of phenols is 1. The number of amides is 1. The maximum Gasteiger partial charge on any atom is 0.230 e. The summed E-state index contributed by atoms with van der Waals surface area (Å²) >= 11 is 0. The zero-order chi connectivity index (χ0) is 16.7. The van der Waals surface area contributed by atoms with Crippen LogP contribution in [0.25, 0.3) is 11.0 Å². The van der Waals surface area contributed by atoms with Crippen LogP contribution in [0, 0.1) is 0 Å². The van der Waals surface area contributed by atoms with Crippen molar-refractivity contribution in [2.75, 3.05) is 12.4 Å². The van der Waals surface area contributed by atoms with Crippen LogP contribution in [-0.4, -0.2) is 23.8 Å². The SMILES string of the molecule is COc1c(C2=Nc3ccccc3NC(=O)C2)c(O)cc2occc12. The third-order valence-electron chi connectivity index (χ3n) is 3.95. The van der Waals surface area contributed by atoms with Gasteiger partial charge in [-0.1, -0.05) is 12.1 Å². The first kappa shape index (κ1) is 14.3. The molecule has 0 spiro atoms. The monoisotopic (exact) mass is 322 g/mol. The van der Waals surface area contributed by atoms with E-state index in [1.807, 2.05) is 12.1 Å². The van der Waals surface area contributed by atoms with Crippen molar-refractivity contribution in [3.63, 3.8) is 0 Å². The number of hydrogen-bond donors (Lipinski definition) is 2. The van der Waals surface area contributed by atoms with Gasteiger partial charge in [0.2, 0.25) is 5.91 Å². The molecule has 0 aliphatic carbocycles. The molecule has 2 aromatic carbocycles. The molecule has 1 aromatic heterocycles. The van der Waals surface area contributed by atoms with Crippen LogP contribution in [0.1, 0.15) is 12.0 Å². The Labute approximate surface area is 137 Å². The van der Waals surface area contributed by atoms with Gasteiger partial charge in [-0.05, 0) is 18.2 Å². The Morgan fingerprint density at radius 3 is 2.96 bits per heavy atom. The lowest BCUT2D eigenvalue weighted by Crippen LogP contribution is -2.15. The molecule has 0 fully saturated rings. The van der Waals surface area contributed by atoms with E-state index >= 15 is 0 Å². The van der Waals surface area contributed by atoms with Gasteiger partial charge >= 0.3 is 0 Å². The Hall–Kier alpha value is -3.28. The number of phenolic OH excluding ortho intramolecular Hbond substituents is 1. The number of carbonyl (C=O) groups is 1. The molecule has 0 saturated carbocycles. The fraction of sp³-hybridized carbons (Fsp3) is 0.111. The topological polar surface area (TPSA) is 84.1 Å². The van der Waals surface area contributed by atoms with Gasteiger partial charge in [0.05, 0.1) is 47.8 Å². The molecular weight excluding hydrogens is 308 g/mol.